The number of carbonyl (C=O) groups excluding carboxylic acids is 2. The Morgan fingerprint density at radius 3 is 2.33 bits per heavy atom. The lowest BCUT2D eigenvalue weighted by molar-refractivity contribution is -0.141. The van der Waals surface area contributed by atoms with Gasteiger partial charge >= 0.3 is 0 Å². The van der Waals surface area contributed by atoms with Gasteiger partial charge in [-0.25, -0.2) is 0 Å². The fraction of sp³-hybridized carbons (Fsp3) is 0.417. The van der Waals surface area contributed by atoms with Gasteiger partial charge < -0.3 is 14.5 Å². The summed E-state index contributed by atoms with van der Waals surface area (Å²) in [5.74, 6) is 0.668. The number of piperidine rings is 1. The van der Waals surface area contributed by atoms with Crippen LogP contribution in [-0.2, 0) is 4.79 Å². The van der Waals surface area contributed by atoms with Gasteiger partial charge in [0.15, 0.2) is 6.10 Å². The van der Waals surface area contributed by atoms with Crippen LogP contribution in [-0.4, -0.2) is 53.4 Å². The molecule has 1 aliphatic rings. The molecule has 2 amide bonds. The second kappa shape index (κ2) is 10.5. The summed E-state index contributed by atoms with van der Waals surface area (Å²) >= 11 is 5.92. The third-order valence-electron chi connectivity index (χ3n) is 5.44. The van der Waals surface area contributed by atoms with E-state index in [9.17, 15) is 9.59 Å². The average molecular weight is 429 g/mol. The Labute approximate surface area is 183 Å². The predicted molar refractivity (Wildman–Crippen MR) is 119 cm³/mol. The van der Waals surface area contributed by atoms with E-state index in [1.165, 1.54) is 0 Å². The smallest absolute Gasteiger partial charge is 0.263 e. The van der Waals surface area contributed by atoms with E-state index in [1.54, 1.807) is 31.2 Å². The van der Waals surface area contributed by atoms with Gasteiger partial charge in [0.05, 0.1) is 0 Å². The second-order valence-corrected chi connectivity index (χ2v) is 8.07. The highest BCUT2D eigenvalue weighted by molar-refractivity contribution is 6.30. The number of hydrogen-bond acceptors (Lipinski definition) is 3. The van der Waals surface area contributed by atoms with E-state index in [-0.39, 0.29) is 17.9 Å². The largest absolute Gasteiger partial charge is 0.481 e. The van der Waals surface area contributed by atoms with Gasteiger partial charge in [0, 0.05) is 36.3 Å². The fourth-order valence-corrected chi connectivity index (χ4v) is 3.98. The first-order valence-corrected chi connectivity index (χ1v) is 10.9. The molecule has 0 bridgehead atoms. The van der Waals surface area contributed by atoms with Gasteiger partial charge in [-0.2, -0.15) is 0 Å². The molecule has 1 fully saturated rings. The minimum atomic E-state index is -0.582. The molecule has 1 saturated heterocycles. The van der Waals surface area contributed by atoms with Crippen molar-refractivity contribution < 1.29 is 14.3 Å². The SMILES string of the molecule is CCCN(C(=O)C(C)Oc1ccc(Cl)cc1)C1CCN(C(=O)c2ccccc2)CC1. The molecule has 1 heterocycles. The minimum absolute atomic E-state index is 0.0142. The predicted octanol–water partition coefficient (Wildman–Crippen LogP) is 4.65. The van der Waals surface area contributed by atoms with Crippen molar-refractivity contribution >= 4 is 23.4 Å². The highest BCUT2D eigenvalue weighted by atomic mass is 35.5. The van der Waals surface area contributed by atoms with Crippen molar-refractivity contribution in [1.29, 1.82) is 0 Å². The van der Waals surface area contributed by atoms with Crippen molar-refractivity contribution in [2.45, 2.75) is 45.3 Å². The molecule has 6 heteroatoms. The van der Waals surface area contributed by atoms with E-state index in [2.05, 4.69) is 6.92 Å². The van der Waals surface area contributed by atoms with Crippen LogP contribution >= 0.6 is 11.6 Å². The van der Waals surface area contributed by atoms with Crippen LogP contribution < -0.4 is 4.74 Å². The molecule has 160 valence electrons. The van der Waals surface area contributed by atoms with Gasteiger partial charge in [0.1, 0.15) is 5.75 Å². The Hall–Kier alpha value is -2.53. The number of ether oxygens (including phenoxy) is 1. The summed E-state index contributed by atoms with van der Waals surface area (Å²) in [6, 6.07) is 16.5. The summed E-state index contributed by atoms with van der Waals surface area (Å²) in [6.07, 6.45) is 1.85. The average Bonchev–Trinajstić information content (AvgIpc) is 2.79. The van der Waals surface area contributed by atoms with Crippen LogP contribution in [0.3, 0.4) is 0 Å². The summed E-state index contributed by atoms with van der Waals surface area (Å²) < 4.78 is 5.85. The van der Waals surface area contributed by atoms with Crippen molar-refractivity contribution in [3.05, 3.63) is 65.2 Å². The maximum Gasteiger partial charge on any atom is 0.263 e. The highest BCUT2D eigenvalue weighted by Crippen LogP contribution is 2.22. The van der Waals surface area contributed by atoms with Gasteiger partial charge in [-0.05, 0) is 62.6 Å². The summed E-state index contributed by atoms with van der Waals surface area (Å²) in [5, 5.41) is 0.630. The molecule has 0 N–H and O–H groups in total. The van der Waals surface area contributed by atoms with Crippen molar-refractivity contribution in [1.82, 2.24) is 9.80 Å². The first-order chi connectivity index (χ1) is 14.5. The van der Waals surface area contributed by atoms with E-state index in [1.807, 2.05) is 40.1 Å². The number of benzene rings is 2. The standard InChI is InChI=1S/C24H29ClN2O3/c1-3-15-27(23(28)18(2)30-22-11-9-20(25)10-12-22)21-13-16-26(17-14-21)24(29)19-7-5-4-6-8-19/h4-12,18,21H,3,13-17H2,1-2H3. The zero-order chi connectivity index (χ0) is 21.5. The first-order valence-electron chi connectivity index (χ1n) is 10.6. The van der Waals surface area contributed by atoms with E-state index in [0.29, 0.717) is 36.0 Å². The van der Waals surface area contributed by atoms with Crippen LogP contribution in [0.15, 0.2) is 54.6 Å². The molecule has 0 saturated carbocycles. The van der Waals surface area contributed by atoms with Crippen molar-refractivity contribution in [2.24, 2.45) is 0 Å². The third kappa shape index (κ3) is 5.54. The van der Waals surface area contributed by atoms with Crippen molar-refractivity contribution in [2.75, 3.05) is 19.6 Å². The Morgan fingerprint density at radius 1 is 1.10 bits per heavy atom. The lowest BCUT2D eigenvalue weighted by atomic mass is 10.0. The monoisotopic (exact) mass is 428 g/mol. The lowest BCUT2D eigenvalue weighted by Crippen LogP contribution is -2.52. The van der Waals surface area contributed by atoms with Crippen LogP contribution in [0.25, 0.3) is 0 Å². The Balaban J connectivity index is 1.60. The summed E-state index contributed by atoms with van der Waals surface area (Å²) in [6.45, 7) is 5.84. The van der Waals surface area contributed by atoms with Crippen LogP contribution in [0.1, 0.15) is 43.5 Å². The van der Waals surface area contributed by atoms with Crippen molar-refractivity contribution in [3.63, 3.8) is 0 Å². The molecule has 0 spiro atoms. The topological polar surface area (TPSA) is 49.9 Å². The number of nitrogens with zero attached hydrogens (tertiary/aromatic N) is 2. The van der Waals surface area contributed by atoms with Gasteiger partial charge in [-0.1, -0.05) is 36.7 Å². The van der Waals surface area contributed by atoms with Crippen LogP contribution in [0.5, 0.6) is 5.75 Å². The van der Waals surface area contributed by atoms with Crippen LogP contribution in [0, 0.1) is 0 Å². The third-order valence-corrected chi connectivity index (χ3v) is 5.69. The molecule has 0 aliphatic carbocycles. The Kier molecular flexibility index (Phi) is 7.75. The highest BCUT2D eigenvalue weighted by Gasteiger charge is 2.32. The quantitative estimate of drug-likeness (QED) is 0.644. The molecule has 0 aromatic heterocycles. The lowest BCUT2D eigenvalue weighted by Gasteiger charge is -2.39. The number of rotatable bonds is 7. The van der Waals surface area contributed by atoms with Crippen molar-refractivity contribution in [3.8, 4) is 5.75 Å². The maximum absolute atomic E-state index is 13.1. The Morgan fingerprint density at radius 2 is 1.73 bits per heavy atom. The molecule has 2 aromatic carbocycles. The molecule has 2 aromatic rings. The first kappa shape index (κ1) is 22.2. The summed E-state index contributed by atoms with van der Waals surface area (Å²) in [4.78, 5) is 29.6. The van der Waals surface area contributed by atoms with Gasteiger partial charge in [0.2, 0.25) is 0 Å². The second-order valence-electron chi connectivity index (χ2n) is 7.64. The van der Waals surface area contributed by atoms with Gasteiger partial charge in [0.25, 0.3) is 11.8 Å². The van der Waals surface area contributed by atoms with E-state index in [0.717, 1.165) is 19.3 Å². The molecule has 30 heavy (non-hydrogen) atoms. The Bertz CT molecular complexity index is 833. The molecule has 5 nitrogen and oxygen atoms in total. The number of halogens is 1. The summed E-state index contributed by atoms with van der Waals surface area (Å²) in [5.41, 5.74) is 0.711. The molecular formula is C24H29ClN2O3. The number of carbonyl (C=O) groups is 2. The van der Waals surface area contributed by atoms with Gasteiger partial charge in [-0.15, -0.1) is 0 Å². The minimum Gasteiger partial charge on any atom is -0.481 e. The molecule has 1 unspecified atom stereocenters. The normalized spacial score (nSPS) is 15.5. The van der Waals surface area contributed by atoms with Gasteiger partial charge in [-0.3, -0.25) is 9.59 Å². The molecule has 0 radical (unpaired) electrons. The number of amides is 2. The van der Waals surface area contributed by atoms with E-state index in [4.69, 9.17) is 16.3 Å². The van der Waals surface area contributed by atoms with E-state index < -0.39 is 6.10 Å². The fourth-order valence-electron chi connectivity index (χ4n) is 3.86. The zero-order valence-electron chi connectivity index (χ0n) is 17.6. The molecule has 1 aliphatic heterocycles. The van der Waals surface area contributed by atoms with Crippen LogP contribution in [0.2, 0.25) is 5.02 Å². The summed E-state index contributed by atoms with van der Waals surface area (Å²) in [7, 11) is 0. The van der Waals surface area contributed by atoms with E-state index >= 15 is 0 Å². The zero-order valence-corrected chi connectivity index (χ0v) is 18.3. The van der Waals surface area contributed by atoms with Crippen LogP contribution in [0.4, 0.5) is 0 Å². The maximum atomic E-state index is 13.1. The number of hydrogen-bond donors (Lipinski definition) is 0. The molecular weight excluding hydrogens is 400 g/mol. The molecule has 1 atom stereocenters. The number of likely N-dealkylation sites (tertiary alicyclic amines) is 1. The molecule has 3 rings (SSSR count).